The summed E-state index contributed by atoms with van der Waals surface area (Å²) in [5.41, 5.74) is 5.05. The highest BCUT2D eigenvalue weighted by molar-refractivity contribution is 5.92. The fraction of sp³-hybridized carbons (Fsp3) is 0.667. The number of nitrogens with two attached hydrogens (primary N) is 1. The van der Waals surface area contributed by atoms with Gasteiger partial charge in [-0.15, -0.1) is 0 Å². The van der Waals surface area contributed by atoms with E-state index >= 15 is 0 Å². The van der Waals surface area contributed by atoms with Crippen molar-refractivity contribution in [1.29, 1.82) is 0 Å². The molecule has 0 aliphatic carbocycles. The monoisotopic (exact) mass is 224 g/mol. The van der Waals surface area contributed by atoms with Gasteiger partial charge in [0.25, 0.3) is 5.91 Å². The van der Waals surface area contributed by atoms with Gasteiger partial charge < -0.3 is 10.2 Å². The van der Waals surface area contributed by atoms with Crippen molar-refractivity contribution in [2.75, 3.05) is 0 Å². The van der Waals surface area contributed by atoms with E-state index in [0.717, 1.165) is 0 Å². The molecular formula is C12H20N2O2. The van der Waals surface area contributed by atoms with Gasteiger partial charge in [-0.25, -0.2) is 4.98 Å². The van der Waals surface area contributed by atoms with Gasteiger partial charge in [-0.1, -0.05) is 41.5 Å². The van der Waals surface area contributed by atoms with E-state index in [9.17, 15) is 4.79 Å². The van der Waals surface area contributed by atoms with Gasteiger partial charge in [-0.3, -0.25) is 4.79 Å². The minimum Gasteiger partial charge on any atom is -0.444 e. The van der Waals surface area contributed by atoms with Crippen LogP contribution in [-0.2, 0) is 10.8 Å². The lowest BCUT2D eigenvalue weighted by atomic mass is 9.92. The molecule has 2 N–H and O–H groups in total. The van der Waals surface area contributed by atoms with Crippen molar-refractivity contribution in [3.05, 3.63) is 17.3 Å². The summed E-state index contributed by atoms with van der Waals surface area (Å²) < 4.78 is 5.69. The Morgan fingerprint density at radius 3 is 1.88 bits per heavy atom. The number of amides is 1. The van der Waals surface area contributed by atoms with Gasteiger partial charge in [0.1, 0.15) is 5.76 Å². The summed E-state index contributed by atoms with van der Waals surface area (Å²) in [6.45, 7) is 11.8. The topological polar surface area (TPSA) is 69.1 Å². The molecule has 16 heavy (non-hydrogen) atoms. The second-order valence-corrected chi connectivity index (χ2v) is 6.06. The largest absolute Gasteiger partial charge is 0.444 e. The van der Waals surface area contributed by atoms with Gasteiger partial charge in [-0.2, -0.15) is 0 Å². The van der Waals surface area contributed by atoms with Crippen LogP contribution in [0.15, 0.2) is 4.42 Å². The quantitative estimate of drug-likeness (QED) is 0.796. The highest BCUT2D eigenvalue weighted by Crippen LogP contribution is 2.31. The summed E-state index contributed by atoms with van der Waals surface area (Å²) >= 11 is 0. The predicted octanol–water partition coefficient (Wildman–Crippen LogP) is 2.37. The van der Waals surface area contributed by atoms with E-state index in [2.05, 4.69) is 4.98 Å². The van der Waals surface area contributed by atoms with E-state index in [4.69, 9.17) is 10.2 Å². The number of carbonyl (C=O) groups is 1. The molecule has 1 aromatic heterocycles. The molecule has 0 bridgehead atoms. The molecule has 90 valence electrons. The normalized spacial score (nSPS) is 12.9. The smallest absolute Gasteiger partial charge is 0.270 e. The van der Waals surface area contributed by atoms with Crippen LogP contribution in [0.5, 0.6) is 0 Å². The maximum atomic E-state index is 11.3. The molecule has 0 aromatic carbocycles. The number of primary amides is 1. The number of hydrogen-bond donors (Lipinski definition) is 1. The summed E-state index contributed by atoms with van der Waals surface area (Å²) in [5.74, 6) is 0.570. The Kier molecular flexibility index (Phi) is 2.88. The van der Waals surface area contributed by atoms with Crippen LogP contribution in [0.2, 0.25) is 0 Å². The van der Waals surface area contributed by atoms with Crippen LogP contribution in [0.4, 0.5) is 0 Å². The Hall–Kier alpha value is -1.32. The minimum atomic E-state index is -0.538. The summed E-state index contributed by atoms with van der Waals surface area (Å²) in [5, 5.41) is 0. The molecule has 0 aliphatic heterocycles. The zero-order valence-electron chi connectivity index (χ0n) is 10.8. The summed E-state index contributed by atoms with van der Waals surface area (Å²) in [4.78, 5) is 15.5. The van der Waals surface area contributed by atoms with Crippen molar-refractivity contribution < 1.29 is 9.21 Å². The third kappa shape index (κ3) is 2.43. The number of oxazole rings is 1. The van der Waals surface area contributed by atoms with Gasteiger partial charge in [-0.05, 0) is 0 Å². The van der Waals surface area contributed by atoms with Crippen LogP contribution >= 0.6 is 0 Å². The van der Waals surface area contributed by atoms with E-state index in [1.165, 1.54) is 0 Å². The number of nitrogens with zero attached hydrogens (tertiary/aromatic N) is 1. The molecule has 4 nitrogen and oxygen atoms in total. The van der Waals surface area contributed by atoms with Crippen LogP contribution in [0, 0.1) is 0 Å². The molecule has 1 aromatic rings. The van der Waals surface area contributed by atoms with Crippen molar-refractivity contribution in [2.24, 2.45) is 5.73 Å². The molecule has 1 amide bonds. The predicted molar refractivity (Wildman–Crippen MR) is 62.4 cm³/mol. The number of carbonyl (C=O) groups excluding carboxylic acids is 1. The first kappa shape index (κ1) is 12.7. The van der Waals surface area contributed by atoms with E-state index in [1.807, 2.05) is 41.5 Å². The standard InChI is InChI=1S/C12H20N2O2/c1-11(2,3)8-7(9(13)15)14-10(16-8)12(4,5)6/h1-6H3,(H2,13,15). The molecule has 0 aliphatic rings. The first-order valence-electron chi connectivity index (χ1n) is 5.35. The van der Waals surface area contributed by atoms with Crippen LogP contribution in [0.3, 0.4) is 0 Å². The molecular weight excluding hydrogens is 204 g/mol. The fourth-order valence-corrected chi connectivity index (χ4v) is 1.32. The average molecular weight is 224 g/mol. The van der Waals surface area contributed by atoms with E-state index < -0.39 is 5.91 Å². The fourth-order valence-electron chi connectivity index (χ4n) is 1.32. The molecule has 0 atom stereocenters. The van der Waals surface area contributed by atoms with Crippen molar-refractivity contribution >= 4 is 5.91 Å². The SMILES string of the molecule is CC(C)(C)c1nc(C(N)=O)c(C(C)(C)C)o1. The molecule has 0 saturated carbocycles. The van der Waals surface area contributed by atoms with Crippen LogP contribution in [0.25, 0.3) is 0 Å². The van der Waals surface area contributed by atoms with Gasteiger partial charge in [0.2, 0.25) is 5.89 Å². The summed E-state index contributed by atoms with van der Waals surface area (Å²) in [6.07, 6.45) is 0. The Labute approximate surface area is 96.2 Å². The van der Waals surface area contributed by atoms with E-state index in [0.29, 0.717) is 11.7 Å². The number of aromatic nitrogens is 1. The highest BCUT2D eigenvalue weighted by atomic mass is 16.4. The highest BCUT2D eigenvalue weighted by Gasteiger charge is 2.31. The van der Waals surface area contributed by atoms with Gasteiger partial charge in [0, 0.05) is 10.8 Å². The van der Waals surface area contributed by atoms with Crippen molar-refractivity contribution in [1.82, 2.24) is 4.98 Å². The molecule has 0 fully saturated rings. The third-order valence-electron chi connectivity index (χ3n) is 2.18. The van der Waals surface area contributed by atoms with Crippen molar-refractivity contribution in [3.8, 4) is 0 Å². The molecule has 0 saturated heterocycles. The summed E-state index contributed by atoms with van der Waals surface area (Å²) in [6, 6.07) is 0. The number of rotatable bonds is 1. The first-order valence-corrected chi connectivity index (χ1v) is 5.35. The first-order chi connectivity index (χ1) is 7.03. The van der Waals surface area contributed by atoms with Crippen LogP contribution in [0.1, 0.15) is 63.7 Å². The maximum absolute atomic E-state index is 11.3. The van der Waals surface area contributed by atoms with Gasteiger partial charge in [0.15, 0.2) is 5.69 Å². The Morgan fingerprint density at radius 2 is 1.62 bits per heavy atom. The van der Waals surface area contributed by atoms with E-state index in [-0.39, 0.29) is 16.5 Å². The zero-order chi connectivity index (χ0) is 12.7. The zero-order valence-corrected chi connectivity index (χ0v) is 10.8. The lowest BCUT2D eigenvalue weighted by Gasteiger charge is -2.16. The Bertz CT molecular complexity index is 406. The summed E-state index contributed by atoms with van der Waals surface area (Å²) in [7, 11) is 0. The third-order valence-corrected chi connectivity index (χ3v) is 2.18. The molecule has 1 rings (SSSR count). The average Bonchev–Trinajstić information content (AvgIpc) is 2.44. The van der Waals surface area contributed by atoms with Crippen molar-refractivity contribution in [3.63, 3.8) is 0 Å². The Morgan fingerprint density at radius 1 is 1.12 bits per heavy atom. The van der Waals surface area contributed by atoms with Crippen LogP contribution < -0.4 is 5.73 Å². The lowest BCUT2D eigenvalue weighted by molar-refractivity contribution is 0.0992. The molecule has 0 unspecified atom stereocenters. The molecule has 0 radical (unpaired) electrons. The molecule has 4 heteroatoms. The lowest BCUT2D eigenvalue weighted by Crippen LogP contribution is -2.20. The number of hydrogen-bond acceptors (Lipinski definition) is 3. The van der Waals surface area contributed by atoms with Crippen LogP contribution in [-0.4, -0.2) is 10.9 Å². The molecule has 0 spiro atoms. The van der Waals surface area contributed by atoms with Crippen molar-refractivity contribution in [2.45, 2.75) is 52.4 Å². The Balaban J connectivity index is 3.38. The van der Waals surface area contributed by atoms with Gasteiger partial charge in [0.05, 0.1) is 0 Å². The minimum absolute atomic E-state index is 0.228. The second-order valence-electron chi connectivity index (χ2n) is 6.06. The second kappa shape index (κ2) is 3.61. The molecule has 1 heterocycles. The van der Waals surface area contributed by atoms with E-state index in [1.54, 1.807) is 0 Å². The van der Waals surface area contributed by atoms with Gasteiger partial charge >= 0.3 is 0 Å². The maximum Gasteiger partial charge on any atom is 0.270 e.